The highest BCUT2D eigenvalue weighted by Crippen LogP contribution is 2.33. The first-order chi connectivity index (χ1) is 9.69. The van der Waals surface area contributed by atoms with Gasteiger partial charge in [-0.1, -0.05) is 23.2 Å². The van der Waals surface area contributed by atoms with Crippen molar-refractivity contribution in [2.45, 2.75) is 0 Å². The first-order valence-electron chi connectivity index (χ1n) is 6.08. The molecule has 0 spiro atoms. The van der Waals surface area contributed by atoms with E-state index in [1.807, 2.05) is 36.4 Å². The SMILES string of the molecule is Clc1ccc2oc(-c3cc4cc(Cl)ccc4o3)cc2c1. The number of fused-ring (bicyclic) bond motifs is 2. The topological polar surface area (TPSA) is 26.3 Å². The van der Waals surface area contributed by atoms with Gasteiger partial charge in [0, 0.05) is 20.8 Å². The fourth-order valence-corrected chi connectivity index (χ4v) is 2.63. The van der Waals surface area contributed by atoms with Crippen LogP contribution in [0.1, 0.15) is 0 Å². The highest BCUT2D eigenvalue weighted by molar-refractivity contribution is 6.31. The number of benzene rings is 2. The van der Waals surface area contributed by atoms with E-state index in [0.717, 1.165) is 21.9 Å². The number of furan rings is 2. The van der Waals surface area contributed by atoms with Crippen LogP contribution in [0.5, 0.6) is 0 Å². The van der Waals surface area contributed by atoms with Gasteiger partial charge in [0.05, 0.1) is 0 Å². The minimum absolute atomic E-state index is 0.676. The van der Waals surface area contributed by atoms with E-state index in [0.29, 0.717) is 21.6 Å². The molecule has 0 atom stereocenters. The van der Waals surface area contributed by atoms with Gasteiger partial charge in [-0.25, -0.2) is 0 Å². The van der Waals surface area contributed by atoms with Gasteiger partial charge in [0.15, 0.2) is 11.5 Å². The Hall–Kier alpha value is -1.90. The lowest BCUT2D eigenvalue weighted by atomic mass is 10.2. The summed E-state index contributed by atoms with van der Waals surface area (Å²) in [5, 5.41) is 3.26. The second-order valence-corrected chi connectivity index (χ2v) is 5.46. The maximum Gasteiger partial charge on any atom is 0.170 e. The number of hydrogen-bond acceptors (Lipinski definition) is 2. The van der Waals surface area contributed by atoms with Crippen LogP contribution in [0.4, 0.5) is 0 Å². The lowest BCUT2D eigenvalue weighted by Crippen LogP contribution is -1.62. The molecule has 0 N–H and O–H groups in total. The molecule has 2 heterocycles. The van der Waals surface area contributed by atoms with Crippen molar-refractivity contribution in [1.29, 1.82) is 0 Å². The Morgan fingerprint density at radius 2 is 1.05 bits per heavy atom. The predicted molar refractivity (Wildman–Crippen MR) is 81.4 cm³/mol. The minimum atomic E-state index is 0.676. The van der Waals surface area contributed by atoms with Crippen molar-refractivity contribution >= 4 is 45.1 Å². The van der Waals surface area contributed by atoms with E-state index in [1.54, 1.807) is 12.1 Å². The molecule has 2 aromatic heterocycles. The lowest BCUT2D eigenvalue weighted by Gasteiger charge is -1.89. The molecule has 0 amide bonds. The van der Waals surface area contributed by atoms with Crippen LogP contribution in [-0.2, 0) is 0 Å². The smallest absolute Gasteiger partial charge is 0.170 e. The molecule has 0 aliphatic heterocycles. The normalized spacial score (nSPS) is 11.5. The van der Waals surface area contributed by atoms with E-state index >= 15 is 0 Å². The van der Waals surface area contributed by atoms with Gasteiger partial charge in [0.1, 0.15) is 11.2 Å². The van der Waals surface area contributed by atoms with Crippen molar-refractivity contribution in [3.05, 3.63) is 58.6 Å². The maximum atomic E-state index is 5.98. The molecule has 4 heteroatoms. The maximum absolute atomic E-state index is 5.98. The third-order valence-electron chi connectivity index (χ3n) is 3.20. The van der Waals surface area contributed by atoms with Gasteiger partial charge in [-0.05, 0) is 48.5 Å². The van der Waals surface area contributed by atoms with Crippen molar-refractivity contribution in [2.24, 2.45) is 0 Å². The molecule has 0 fully saturated rings. The van der Waals surface area contributed by atoms with Gasteiger partial charge in [0.25, 0.3) is 0 Å². The fourth-order valence-electron chi connectivity index (χ4n) is 2.27. The molecule has 2 nitrogen and oxygen atoms in total. The molecule has 20 heavy (non-hydrogen) atoms. The summed E-state index contributed by atoms with van der Waals surface area (Å²) in [6, 6.07) is 14.9. The average Bonchev–Trinajstić information content (AvgIpc) is 3.00. The summed E-state index contributed by atoms with van der Waals surface area (Å²) in [6.07, 6.45) is 0. The minimum Gasteiger partial charge on any atom is -0.453 e. The van der Waals surface area contributed by atoms with Crippen LogP contribution in [0.15, 0.2) is 57.4 Å². The van der Waals surface area contributed by atoms with E-state index < -0.39 is 0 Å². The number of rotatable bonds is 1. The lowest BCUT2D eigenvalue weighted by molar-refractivity contribution is 0.569. The van der Waals surface area contributed by atoms with Crippen LogP contribution in [0.2, 0.25) is 10.0 Å². The quantitative estimate of drug-likeness (QED) is 0.421. The fraction of sp³-hybridized carbons (Fsp3) is 0. The van der Waals surface area contributed by atoms with Crippen LogP contribution in [0.25, 0.3) is 33.5 Å². The summed E-state index contributed by atoms with van der Waals surface area (Å²) in [4.78, 5) is 0. The van der Waals surface area contributed by atoms with Gasteiger partial charge in [-0.15, -0.1) is 0 Å². The Kier molecular flexibility index (Phi) is 2.56. The molecule has 0 saturated carbocycles. The van der Waals surface area contributed by atoms with E-state index in [2.05, 4.69) is 0 Å². The van der Waals surface area contributed by atoms with E-state index in [1.165, 1.54) is 0 Å². The summed E-state index contributed by atoms with van der Waals surface area (Å²) in [7, 11) is 0. The standard InChI is InChI=1S/C16H8Cl2O2/c17-11-1-3-13-9(5-11)7-15(19-13)16-8-10-6-12(18)2-4-14(10)20-16/h1-8H. The van der Waals surface area contributed by atoms with Crippen molar-refractivity contribution in [3.63, 3.8) is 0 Å². The Morgan fingerprint density at radius 1 is 0.600 bits per heavy atom. The van der Waals surface area contributed by atoms with Gasteiger partial charge in [0.2, 0.25) is 0 Å². The molecular formula is C16H8Cl2O2. The zero-order chi connectivity index (χ0) is 13.7. The third-order valence-corrected chi connectivity index (χ3v) is 3.67. The number of hydrogen-bond donors (Lipinski definition) is 0. The van der Waals surface area contributed by atoms with Gasteiger partial charge in [-0.2, -0.15) is 0 Å². The summed E-state index contributed by atoms with van der Waals surface area (Å²) in [5.74, 6) is 1.35. The Labute approximate surface area is 124 Å². The highest BCUT2D eigenvalue weighted by Gasteiger charge is 2.12. The molecule has 98 valence electrons. The molecular weight excluding hydrogens is 295 g/mol. The molecule has 0 aliphatic rings. The van der Waals surface area contributed by atoms with E-state index in [4.69, 9.17) is 32.0 Å². The van der Waals surface area contributed by atoms with Gasteiger partial charge in [-0.3, -0.25) is 0 Å². The van der Waals surface area contributed by atoms with Gasteiger partial charge >= 0.3 is 0 Å². The van der Waals surface area contributed by atoms with E-state index in [9.17, 15) is 0 Å². The van der Waals surface area contributed by atoms with Crippen molar-refractivity contribution < 1.29 is 8.83 Å². The molecule has 0 aliphatic carbocycles. The Bertz CT molecular complexity index is 856. The van der Waals surface area contributed by atoms with Crippen LogP contribution in [0.3, 0.4) is 0 Å². The molecule has 2 aromatic carbocycles. The molecule has 4 aromatic rings. The Balaban J connectivity index is 1.91. The second kappa shape index (κ2) is 4.30. The zero-order valence-corrected chi connectivity index (χ0v) is 11.7. The summed E-state index contributed by atoms with van der Waals surface area (Å²) in [6.45, 7) is 0. The summed E-state index contributed by atoms with van der Waals surface area (Å²) >= 11 is 12.0. The van der Waals surface area contributed by atoms with E-state index in [-0.39, 0.29) is 0 Å². The third kappa shape index (κ3) is 1.89. The monoisotopic (exact) mass is 302 g/mol. The van der Waals surface area contributed by atoms with Crippen molar-refractivity contribution in [3.8, 4) is 11.5 Å². The second-order valence-electron chi connectivity index (χ2n) is 4.59. The Morgan fingerprint density at radius 3 is 1.50 bits per heavy atom. The average molecular weight is 303 g/mol. The first-order valence-corrected chi connectivity index (χ1v) is 6.83. The van der Waals surface area contributed by atoms with Crippen LogP contribution in [0, 0.1) is 0 Å². The molecule has 0 unspecified atom stereocenters. The predicted octanol–water partition coefficient (Wildman–Crippen LogP) is 6.15. The highest BCUT2D eigenvalue weighted by atomic mass is 35.5. The first kappa shape index (κ1) is 11.9. The largest absolute Gasteiger partial charge is 0.453 e. The molecule has 4 rings (SSSR count). The van der Waals surface area contributed by atoms with Gasteiger partial charge < -0.3 is 8.83 Å². The van der Waals surface area contributed by atoms with Crippen molar-refractivity contribution in [1.82, 2.24) is 0 Å². The molecule has 0 radical (unpaired) electrons. The van der Waals surface area contributed by atoms with Crippen LogP contribution in [-0.4, -0.2) is 0 Å². The van der Waals surface area contributed by atoms with Crippen LogP contribution < -0.4 is 0 Å². The zero-order valence-electron chi connectivity index (χ0n) is 10.2. The summed E-state index contributed by atoms with van der Waals surface area (Å²) < 4.78 is 11.6. The van der Waals surface area contributed by atoms with Crippen molar-refractivity contribution in [2.75, 3.05) is 0 Å². The van der Waals surface area contributed by atoms with Crippen LogP contribution >= 0.6 is 23.2 Å². The number of halogens is 2. The molecule has 0 saturated heterocycles. The molecule has 0 bridgehead atoms. The summed E-state index contributed by atoms with van der Waals surface area (Å²) in [5.41, 5.74) is 1.56.